The van der Waals surface area contributed by atoms with Crippen molar-refractivity contribution < 1.29 is 23.5 Å². The molecule has 2 N–H and O–H groups in total. The molecule has 3 rings (SSSR count). The summed E-state index contributed by atoms with van der Waals surface area (Å²) in [5.74, 6) is -0.753. The number of nitrogens with one attached hydrogen (secondary N) is 2. The molecule has 0 radical (unpaired) electrons. The van der Waals surface area contributed by atoms with Crippen LogP contribution in [0.15, 0.2) is 29.1 Å². The van der Waals surface area contributed by atoms with Crippen LogP contribution in [0, 0.1) is 19.7 Å². The van der Waals surface area contributed by atoms with Gasteiger partial charge in [-0.05, 0) is 77.3 Å². The number of nitrogens with zero attached hydrogens (tertiary/aromatic N) is 3. The Morgan fingerprint density at radius 1 is 1.07 bits per heavy atom. The molecular formula is C30H40FN5O5. The van der Waals surface area contributed by atoms with Crippen molar-refractivity contribution in [2.45, 2.75) is 86.4 Å². The van der Waals surface area contributed by atoms with Gasteiger partial charge in [-0.1, -0.05) is 20.3 Å². The van der Waals surface area contributed by atoms with Gasteiger partial charge in [0, 0.05) is 30.9 Å². The molecule has 1 aromatic heterocycles. The van der Waals surface area contributed by atoms with Gasteiger partial charge < -0.3 is 14.8 Å². The standard InChI is InChI=1S/C30H40FN5O5/c1-10-12-19(5)40-24-16-23(36-29(39)35(9)25(11-2)34-36)22(31)15-21(24)27(37)33-26-17(3)13-20(14-18(26)4)32-28(38)41-30(6,7)8/h13-16,19H,10-12H2,1-9H3,(H,32,38)(H,33,37). The Balaban J connectivity index is 1.99. The predicted molar refractivity (Wildman–Crippen MR) is 157 cm³/mol. The minimum atomic E-state index is -0.793. The minimum Gasteiger partial charge on any atom is -0.490 e. The second kappa shape index (κ2) is 12.6. The van der Waals surface area contributed by atoms with Crippen molar-refractivity contribution in [2.24, 2.45) is 7.05 Å². The second-order valence-corrected chi connectivity index (χ2v) is 11.1. The number of halogens is 1. The molecule has 10 nitrogen and oxygen atoms in total. The molecule has 2 amide bonds. The highest BCUT2D eigenvalue weighted by atomic mass is 19.1. The van der Waals surface area contributed by atoms with Crippen molar-refractivity contribution in [2.75, 3.05) is 10.6 Å². The van der Waals surface area contributed by atoms with Crippen LogP contribution in [-0.2, 0) is 18.2 Å². The molecule has 0 aliphatic heterocycles. The van der Waals surface area contributed by atoms with Crippen molar-refractivity contribution in [1.29, 1.82) is 0 Å². The first kappa shape index (κ1) is 31.4. The number of hydrogen-bond donors (Lipinski definition) is 2. The van der Waals surface area contributed by atoms with Crippen LogP contribution in [0.1, 0.15) is 81.7 Å². The fourth-order valence-corrected chi connectivity index (χ4v) is 4.44. The molecular weight excluding hydrogens is 529 g/mol. The van der Waals surface area contributed by atoms with Crippen LogP contribution in [0.3, 0.4) is 0 Å². The van der Waals surface area contributed by atoms with Crippen LogP contribution < -0.4 is 21.1 Å². The zero-order chi connectivity index (χ0) is 30.6. The smallest absolute Gasteiger partial charge is 0.412 e. The Kier molecular flexibility index (Phi) is 9.62. The Bertz CT molecular complexity index is 1480. The van der Waals surface area contributed by atoms with Gasteiger partial charge in [0.2, 0.25) is 0 Å². The number of anilines is 2. The second-order valence-electron chi connectivity index (χ2n) is 11.1. The van der Waals surface area contributed by atoms with E-state index in [0.29, 0.717) is 41.2 Å². The maximum Gasteiger partial charge on any atom is 0.412 e. The zero-order valence-electron chi connectivity index (χ0n) is 25.3. The number of rotatable bonds is 9. The highest BCUT2D eigenvalue weighted by Crippen LogP contribution is 2.30. The molecule has 1 unspecified atom stereocenters. The van der Waals surface area contributed by atoms with Crippen LogP contribution in [0.4, 0.5) is 20.6 Å². The van der Waals surface area contributed by atoms with Gasteiger partial charge in [-0.25, -0.2) is 14.0 Å². The lowest BCUT2D eigenvalue weighted by molar-refractivity contribution is 0.0635. The molecule has 2 aromatic carbocycles. The summed E-state index contributed by atoms with van der Waals surface area (Å²) in [6.45, 7) is 14.6. The van der Waals surface area contributed by atoms with E-state index in [-0.39, 0.29) is 23.1 Å². The number of benzene rings is 2. The van der Waals surface area contributed by atoms with Crippen molar-refractivity contribution in [3.05, 3.63) is 63.1 Å². The van der Waals surface area contributed by atoms with Gasteiger partial charge in [0.1, 0.15) is 28.7 Å². The van der Waals surface area contributed by atoms with Crippen LogP contribution in [-0.4, -0.2) is 38.1 Å². The van der Waals surface area contributed by atoms with Gasteiger partial charge in [0.05, 0.1) is 11.7 Å². The largest absolute Gasteiger partial charge is 0.490 e. The fraction of sp³-hybridized carbons (Fsp3) is 0.467. The molecule has 0 saturated carbocycles. The summed E-state index contributed by atoms with van der Waals surface area (Å²) in [5, 5.41) is 9.82. The van der Waals surface area contributed by atoms with Crippen molar-refractivity contribution in [3.63, 3.8) is 0 Å². The lowest BCUT2D eigenvalue weighted by Gasteiger charge is -2.21. The third-order valence-corrected chi connectivity index (χ3v) is 6.35. The van der Waals surface area contributed by atoms with Gasteiger partial charge in [0.25, 0.3) is 5.91 Å². The molecule has 0 saturated heterocycles. The number of carbonyl (C=O) groups excluding carboxylic acids is 2. The molecule has 0 aliphatic carbocycles. The summed E-state index contributed by atoms with van der Waals surface area (Å²) in [6.07, 6.45) is 1.19. The maximum atomic E-state index is 15.5. The molecule has 41 heavy (non-hydrogen) atoms. The Morgan fingerprint density at radius 2 is 1.71 bits per heavy atom. The van der Waals surface area contributed by atoms with Crippen LogP contribution in [0.25, 0.3) is 5.69 Å². The molecule has 0 aliphatic rings. The molecule has 0 bridgehead atoms. The molecule has 222 valence electrons. The average molecular weight is 570 g/mol. The normalized spacial score (nSPS) is 12.1. The van der Waals surface area contributed by atoms with E-state index in [2.05, 4.69) is 15.7 Å². The topological polar surface area (TPSA) is 116 Å². The first-order chi connectivity index (χ1) is 19.1. The molecule has 0 fully saturated rings. The minimum absolute atomic E-state index is 0.0244. The maximum absolute atomic E-state index is 15.5. The fourth-order valence-electron chi connectivity index (χ4n) is 4.44. The SMILES string of the molecule is CCCC(C)Oc1cc(-n2nc(CC)n(C)c2=O)c(F)cc1C(=O)Nc1c(C)cc(NC(=O)OC(C)(C)C)cc1C. The van der Waals surface area contributed by atoms with E-state index in [1.54, 1.807) is 53.8 Å². The Morgan fingerprint density at radius 3 is 2.24 bits per heavy atom. The van der Waals surface area contributed by atoms with Gasteiger partial charge in [-0.3, -0.25) is 14.7 Å². The van der Waals surface area contributed by atoms with E-state index in [1.807, 2.05) is 20.8 Å². The lowest BCUT2D eigenvalue weighted by Crippen LogP contribution is -2.27. The van der Waals surface area contributed by atoms with Crippen LogP contribution in [0.2, 0.25) is 0 Å². The van der Waals surface area contributed by atoms with E-state index < -0.39 is 29.1 Å². The predicted octanol–water partition coefficient (Wildman–Crippen LogP) is 6.06. The zero-order valence-corrected chi connectivity index (χ0v) is 25.3. The molecule has 0 spiro atoms. The number of aromatic nitrogens is 3. The van der Waals surface area contributed by atoms with Crippen molar-refractivity contribution >= 4 is 23.4 Å². The number of aryl methyl sites for hydroxylation is 3. The average Bonchev–Trinajstić information content (AvgIpc) is 3.14. The number of hydrogen-bond acceptors (Lipinski definition) is 6. The van der Waals surface area contributed by atoms with E-state index in [0.717, 1.165) is 17.2 Å². The van der Waals surface area contributed by atoms with Gasteiger partial charge >= 0.3 is 11.8 Å². The summed E-state index contributed by atoms with van der Waals surface area (Å²) in [5.41, 5.74) is 1.09. The van der Waals surface area contributed by atoms with Crippen LogP contribution >= 0.6 is 0 Å². The first-order valence-corrected chi connectivity index (χ1v) is 13.7. The summed E-state index contributed by atoms with van der Waals surface area (Å²) in [6, 6.07) is 5.82. The Labute approximate surface area is 239 Å². The van der Waals surface area contributed by atoms with E-state index in [1.165, 1.54) is 10.6 Å². The third kappa shape index (κ3) is 7.53. The summed E-state index contributed by atoms with van der Waals surface area (Å²) in [4.78, 5) is 38.5. The van der Waals surface area contributed by atoms with Crippen LogP contribution in [0.5, 0.6) is 5.75 Å². The quantitative estimate of drug-likeness (QED) is 0.324. The highest BCUT2D eigenvalue weighted by Gasteiger charge is 2.23. The summed E-state index contributed by atoms with van der Waals surface area (Å²) in [7, 11) is 1.57. The number of carbonyl (C=O) groups is 2. The lowest BCUT2D eigenvalue weighted by atomic mass is 10.1. The Hall–Kier alpha value is -4.15. The van der Waals surface area contributed by atoms with Crippen molar-refractivity contribution in [3.8, 4) is 11.4 Å². The third-order valence-electron chi connectivity index (χ3n) is 6.35. The first-order valence-electron chi connectivity index (χ1n) is 13.7. The molecule has 1 atom stereocenters. The number of ether oxygens (including phenoxy) is 2. The highest BCUT2D eigenvalue weighted by molar-refractivity contribution is 6.07. The van der Waals surface area contributed by atoms with E-state index >= 15 is 4.39 Å². The van der Waals surface area contributed by atoms with Crippen molar-refractivity contribution in [1.82, 2.24) is 14.3 Å². The number of amides is 2. The molecule has 3 aromatic rings. The molecule has 11 heteroatoms. The summed E-state index contributed by atoms with van der Waals surface area (Å²) >= 11 is 0. The van der Waals surface area contributed by atoms with E-state index in [9.17, 15) is 14.4 Å². The van der Waals surface area contributed by atoms with E-state index in [4.69, 9.17) is 9.47 Å². The monoisotopic (exact) mass is 569 g/mol. The van der Waals surface area contributed by atoms with Gasteiger partial charge in [-0.15, -0.1) is 5.10 Å². The van der Waals surface area contributed by atoms with Gasteiger partial charge in [-0.2, -0.15) is 4.68 Å². The summed E-state index contributed by atoms with van der Waals surface area (Å²) < 4.78 is 29.2. The molecule has 1 heterocycles. The van der Waals surface area contributed by atoms with Gasteiger partial charge in [0.15, 0.2) is 0 Å².